The van der Waals surface area contributed by atoms with Crippen LogP contribution in [0.25, 0.3) is 11.4 Å². The number of carbonyl (C=O) groups excluding carboxylic acids is 3. The summed E-state index contributed by atoms with van der Waals surface area (Å²) in [6.45, 7) is 0.671. The van der Waals surface area contributed by atoms with E-state index in [1.54, 1.807) is 13.0 Å². The predicted octanol–water partition coefficient (Wildman–Crippen LogP) is 3.20. The van der Waals surface area contributed by atoms with Crippen LogP contribution in [0.4, 0.5) is 8.78 Å². The van der Waals surface area contributed by atoms with Crippen molar-refractivity contribution in [3.05, 3.63) is 65.7 Å². The Morgan fingerprint density at radius 1 is 1.08 bits per heavy atom. The molecule has 2 aromatic carbocycles. The lowest BCUT2D eigenvalue weighted by atomic mass is 9.94. The quantitative estimate of drug-likeness (QED) is 0.392. The SMILES string of the molecule is CCOC(=O)CN(C(=O)Cn1nnc(-c2ccccc2F)n1)[C@@H](C(=O)NC1CCCCC1)c1ccc(F)cc1. The summed E-state index contributed by atoms with van der Waals surface area (Å²) in [5.74, 6) is -2.99. The van der Waals surface area contributed by atoms with Crippen molar-refractivity contribution in [2.45, 2.75) is 57.7 Å². The van der Waals surface area contributed by atoms with Gasteiger partial charge < -0.3 is 15.0 Å². The Morgan fingerprint density at radius 2 is 1.79 bits per heavy atom. The van der Waals surface area contributed by atoms with Gasteiger partial charge in [-0.3, -0.25) is 14.4 Å². The van der Waals surface area contributed by atoms with E-state index in [4.69, 9.17) is 4.74 Å². The third-order valence-corrected chi connectivity index (χ3v) is 6.47. The molecule has 1 heterocycles. The average molecular weight is 541 g/mol. The van der Waals surface area contributed by atoms with Gasteiger partial charge in [0.1, 0.15) is 30.8 Å². The Bertz CT molecular complexity index is 1290. The Hall–Kier alpha value is -4.22. The molecule has 0 unspecified atom stereocenters. The molecular formula is C27H30F2N6O4. The minimum atomic E-state index is -1.25. The maximum atomic E-state index is 14.2. The van der Waals surface area contributed by atoms with Crippen LogP contribution < -0.4 is 5.32 Å². The molecule has 206 valence electrons. The molecule has 3 aromatic rings. The standard InChI is InChI=1S/C27H30F2N6O4/c1-2-39-24(37)17-34(23(36)16-35-32-26(31-33-35)21-10-6-7-11-22(21)29)25(18-12-14-19(28)15-13-18)27(38)30-20-8-4-3-5-9-20/h6-7,10-15,20,25H,2-5,8-9,16-17H2,1H3,(H,30,38)/t25-/m1/s1. The van der Waals surface area contributed by atoms with Gasteiger partial charge in [-0.15, -0.1) is 10.2 Å². The van der Waals surface area contributed by atoms with Crippen molar-refractivity contribution in [1.82, 2.24) is 30.4 Å². The lowest BCUT2D eigenvalue weighted by Crippen LogP contribution is -2.49. The summed E-state index contributed by atoms with van der Waals surface area (Å²) in [5, 5.41) is 14.8. The number of halogens is 2. The molecule has 0 radical (unpaired) electrons. The molecular weight excluding hydrogens is 510 g/mol. The molecule has 4 rings (SSSR count). The summed E-state index contributed by atoms with van der Waals surface area (Å²) in [7, 11) is 0. The van der Waals surface area contributed by atoms with Gasteiger partial charge in [0, 0.05) is 6.04 Å². The van der Waals surface area contributed by atoms with Gasteiger partial charge >= 0.3 is 5.97 Å². The van der Waals surface area contributed by atoms with E-state index in [9.17, 15) is 23.2 Å². The van der Waals surface area contributed by atoms with Gasteiger partial charge in [-0.25, -0.2) is 8.78 Å². The summed E-state index contributed by atoms with van der Waals surface area (Å²) in [6, 6.07) is 9.70. The second-order valence-electron chi connectivity index (χ2n) is 9.25. The van der Waals surface area contributed by atoms with Gasteiger partial charge in [0.15, 0.2) is 0 Å². The van der Waals surface area contributed by atoms with E-state index in [2.05, 4.69) is 20.7 Å². The number of ether oxygens (including phenoxy) is 1. The number of carbonyl (C=O) groups is 3. The zero-order valence-electron chi connectivity index (χ0n) is 21.6. The van der Waals surface area contributed by atoms with Crippen LogP contribution in [0.5, 0.6) is 0 Å². The highest BCUT2D eigenvalue weighted by Gasteiger charge is 2.35. The van der Waals surface area contributed by atoms with E-state index in [1.165, 1.54) is 42.5 Å². The number of hydrogen-bond acceptors (Lipinski definition) is 7. The molecule has 12 heteroatoms. The van der Waals surface area contributed by atoms with Crippen molar-refractivity contribution in [2.75, 3.05) is 13.2 Å². The van der Waals surface area contributed by atoms with E-state index in [1.807, 2.05) is 0 Å². The molecule has 0 aliphatic heterocycles. The Kier molecular flexibility index (Phi) is 9.29. The van der Waals surface area contributed by atoms with Crippen LogP contribution in [-0.2, 0) is 25.7 Å². The molecule has 1 aromatic heterocycles. The van der Waals surface area contributed by atoms with Crippen molar-refractivity contribution in [3.8, 4) is 11.4 Å². The number of nitrogens with zero attached hydrogens (tertiary/aromatic N) is 5. The average Bonchev–Trinajstić information content (AvgIpc) is 3.38. The van der Waals surface area contributed by atoms with Gasteiger partial charge in [0.05, 0.1) is 12.2 Å². The number of rotatable bonds is 10. The van der Waals surface area contributed by atoms with E-state index < -0.39 is 48.5 Å². The van der Waals surface area contributed by atoms with Crippen LogP contribution in [0.3, 0.4) is 0 Å². The fourth-order valence-corrected chi connectivity index (χ4v) is 4.59. The molecule has 10 nitrogen and oxygen atoms in total. The Morgan fingerprint density at radius 3 is 2.49 bits per heavy atom. The van der Waals surface area contributed by atoms with Crippen molar-refractivity contribution in [1.29, 1.82) is 0 Å². The number of esters is 1. The van der Waals surface area contributed by atoms with Crippen LogP contribution in [0.2, 0.25) is 0 Å². The second-order valence-corrected chi connectivity index (χ2v) is 9.25. The molecule has 1 aliphatic rings. The highest BCUT2D eigenvalue weighted by molar-refractivity contribution is 5.91. The summed E-state index contributed by atoms with van der Waals surface area (Å²) < 4.78 is 33.0. The monoisotopic (exact) mass is 540 g/mol. The first kappa shape index (κ1) is 27.8. The minimum absolute atomic E-state index is 0.0250. The number of tetrazole rings is 1. The molecule has 1 N–H and O–H groups in total. The summed E-state index contributed by atoms with van der Waals surface area (Å²) >= 11 is 0. The van der Waals surface area contributed by atoms with Gasteiger partial charge in [0.2, 0.25) is 17.6 Å². The molecule has 0 saturated heterocycles. The minimum Gasteiger partial charge on any atom is -0.465 e. The third-order valence-electron chi connectivity index (χ3n) is 6.47. The van der Waals surface area contributed by atoms with Crippen LogP contribution >= 0.6 is 0 Å². The maximum absolute atomic E-state index is 14.2. The fourth-order valence-electron chi connectivity index (χ4n) is 4.59. The molecule has 1 saturated carbocycles. The van der Waals surface area contributed by atoms with E-state index in [-0.39, 0.29) is 24.0 Å². The highest BCUT2D eigenvalue weighted by Crippen LogP contribution is 2.25. The fraction of sp³-hybridized carbons (Fsp3) is 0.407. The van der Waals surface area contributed by atoms with Gasteiger partial charge in [-0.2, -0.15) is 4.80 Å². The zero-order valence-corrected chi connectivity index (χ0v) is 21.6. The van der Waals surface area contributed by atoms with Gasteiger partial charge in [-0.1, -0.05) is 43.5 Å². The van der Waals surface area contributed by atoms with Crippen LogP contribution in [0.15, 0.2) is 48.5 Å². The molecule has 2 amide bonds. The zero-order chi connectivity index (χ0) is 27.8. The Labute approximate surface area is 224 Å². The van der Waals surface area contributed by atoms with Crippen molar-refractivity contribution < 1.29 is 27.9 Å². The molecule has 39 heavy (non-hydrogen) atoms. The number of benzene rings is 2. The third kappa shape index (κ3) is 7.21. The molecule has 0 bridgehead atoms. The first-order valence-electron chi connectivity index (χ1n) is 12.9. The summed E-state index contributed by atoms with van der Waals surface area (Å²) in [6.07, 6.45) is 4.63. The van der Waals surface area contributed by atoms with E-state index >= 15 is 0 Å². The lowest BCUT2D eigenvalue weighted by Gasteiger charge is -2.32. The smallest absolute Gasteiger partial charge is 0.325 e. The number of aromatic nitrogens is 4. The largest absolute Gasteiger partial charge is 0.465 e. The second kappa shape index (κ2) is 13.0. The van der Waals surface area contributed by atoms with Crippen LogP contribution in [0, 0.1) is 11.6 Å². The summed E-state index contributed by atoms with van der Waals surface area (Å²) in [4.78, 5) is 41.8. The lowest BCUT2D eigenvalue weighted by molar-refractivity contribution is -0.153. The normalized spacial score (nSPS) is 14.4. The topological polar surface area (TPSA) is 119 Å². The van der Waals surface area contributed by atoms with Crippen molar-refractivity contribution >= 4 is 17.8 Å². The first-order chi connectivity index (χ1) is 18.9. The van der Waals surface area contributed by atoms with Gasteiger partial charge in [-0.05, 0) is 54.8 Å². The highest BCUT2D eigenvalue weighted by atomic mass is 19.1. The van der Waals surface area contributed by atoms with Crippen LogP contribution in [0.1, 0.15) is 50.6 Å². The number of hydrogen-bond donors (Lipinski definition) is 1. The van der Waals surface area contributed by atoms with E-state index in [0.717, 1.165) is 41.8 Å². The number of nitrogens with one attached hydrogen (secondary N) is 1. The molecule has 1 aliphatic carbocycles. The molecule has 1 atom stereocenters. The first-order valence-corrected chi connectivity index (χ1v) is 12.9. The predicted molar refractivity (Wildman–Crippen MR) is 136 cm³/mol. The Balaban J connectivity index is 1.63. The molecule has 0 spiro atoms. The summed E-state index contributed by atoms with van der Waals surface area (Å²) in [5.41, 5.74) is 0.427. The van der Waals surface area contributed by atoms with Gasteiger partial charge in [0.25, 0.3) is 0 Å². The van der Waals surface area contributed by atoms with Crippen molar-refractivity contribution in [2.24, 2.45) is 0 Å². The maximum Gasteiger partial charge on any atom is 0.325 e. The number of amides is 2. The van der Waals surface area contributed by atoms with E-state index in [0.29, 0.717) is 5.56 Å². The van der Waals surface area contributed by atoms with Crippen molar-refractivity contribution in [3.63, 3.8) is 0 Å². The molecule has 1 fully saturated rings. The van der Waals surface area contributed by atoms with Crippen LogP contribution in [-0.4, -0.2) is 62.1 Å².